The Morgan fingerprint density at radius 2 is 2.14 bits per heavy atom. The molecule has 114 valence electrons. The maximum absolute atomic E-state index is 9.94. The highest BCUT2D eigenvalue weighted by Crippen LogP contribution is 2.27. The number of aliphatic hydroxyl groups excluding tert-OH is 1. The third-order valence-electron chi connectivity index (χ3n) is 2.53. The average molecular weight is 326 g/mol. The number of hydrogen-bond acceptors (Lipinski definition) is 8. The van der Waals surface area contributed by atoms with E-state index in [9.17, 15) is 5.11 Å². The highest BCUT2D eigenvalue weighted by Gasteiger charge is 2.11. The molecule has 0 bridgehead atoms. The Morgan fingerprint density at radius 1 is 1.38 bits per heavy atom. The van der Waals surface area contributed by atoms with Crippen LogP contribution in [0.25, 0.3) is 0 Å². The second kappa shape index (κ2) is 7.48. The van der Waals surface area contributed by atoms with Gasteiger partial charge in [0.05, 0.1) is 11.8 Å². The Balaban J connectivity index is 1.77. The number of aliphatic hydroxyl groups is 1. The third kappa shape index (κ3) is 4.76. The van der Waals surface area contributed by atoms with Gasteiger partial charge in [-0.2, -0.15) is 0 Å². The Labute approximate surface area is 131 Å². The number of thioether (sulfide) groups is 1. The first-order chi connectivity index (χ1) is 10.1. The van der Waals surface area contributed by atoms with E-state index in [0.29, 0.717) is 17.2 Å². The van der Waals surface area contributed by atoms with Crippen LogP contribution in [-0.2, 0) is 0 Å². The highest BCUT2D eigenvalue weighted by molar-refractivity contribution is 8.01. The maximum atomic E-state index is 9.94. The number of para-hydroxylation sites is 2. The Morgan fingerprint density at radius 3 is 2.81 bits per heavy atom. The molecule has 0 spiro atoms. The topological polar surface area (TPSA) is 84.5 Å². The van der Waals surface area contributed by atoms with E-state index in [1.54, 1.807) is 12.1 Å². The molecule has 0 saturated carbocycles. The van der Waals surface area contributed by atoms with E-state index in [0.717, 1.165) is 9.47 Å². The summed E-state index contributed by atoms with van der Waals surface area (Å²) in [5.74, 6) is 1.08. The third-order valence-corrected chi connectivity index (χ3v) is 4.90. The van der Waals surface area contributed by atoms with Crippen molar-refractivity contribution in [2.45, 2.75) is 10.4 Å². The molecule has 1 heterocycles. The number of nitrogens with zero attached hydrogens (tertiary/aromatic N) is 3. The fourth-order valence-corrected chi connectivity index (χ4v) is 3.15. The molecule has 0 fully saturated rings. The molecule has 0 aliphatic rings. The summed E-state index contributed by atoms with van der Waals surface area (Å²) in [5.41, 5.74) is 6.34. The van der Waals surface area contributed by atoms with Crippen molar-refractivity contribution in [3.05, 3.63) is 24.3 Å². The number of hydrogen-bond donors (Lipinski definition) is 2. The summed E-state index contributed by atoms with van der Waals surface area (Å²) in [4.78, 5) is 1.90. The van der Waals surface area contributed by atoms with E-state index in [2.05, 4.69) is 10.2 Å². The van der Waals surface area contributed by atoms with E-state index in [-0.39, 0.29) is 6.61 Å². The minimum absolute atomic E-state index is 0.195. The van der Waals surface area contributed by atoms with Gasteiger partial charge in [-0.05, 0) is 12.1 Å². The number of anilines is 2. The number of rotatable bonds is 7. The summed E-state index contributed by atoms with van der Waals surface area (Å²) in [6.07, 6.45) is -0.596. The van der Waals surface area contributed by atoms with Crippen molar-refractivity contribution in [2.75, 3.05) is 37.1 Å². The molecule has 8 heteroatoms. The van der Waals surface area contributed by atoms with Crippen LogP contribution in [0.4, 0.5) is 10.8 Å². The van der Waals surface area contributed by atoms with Crippen LogP contribution in [0.2, 0.25) is 0 Å². The first kappa shape index (κ1) is 15.9. The molecule has 2 aromatic rings. The van der Waals surface area contributed by atoms with Crippen LogP contribution in [0, 0.1) is 0 Å². The molecule has 0 saturated heterocycles. The average Bonchev–Trinajstić information content (AvgIpc) is 2.93. The van der Waals surface area contributed by atoms with Gasteiger partial charge in [-0.15, -0.1) is 10.2 Å². The molecule has 21 heavy (non-hydrogen) atoms. The van der Waals surface area contributed by atoms with Gasteiger partial charge in [0.15, 0.2) is 4.34 Å². The smallest absolute Gasteiger partial charge is 0.208 e. The molecule has 0 aliphatic heterocycles. The molecule has 1 aromatic heterocycles. The van der Waals surface area contributed by atoms with Gasteiger partial charge in [0, 0.05) is 19.8 Å². The van der Waals surface area contributed by atoms with E-state index >= 15 is 0 Å². The van der Waals surface area contributed by atoms with Gasteiger partial charge in [-0.1, -0.05) is 35.2 Å². The molecule has 1 aromatic carbocycles. The Bertz CT molecular complexity index is 577. The van der Waals surface area contributed by atoms with Crippen LogP contribution < -0.4 is 15.4 Å². The SMILES string of the molecule is CN(C)c1nnc(SCC(O)COc2ccccc2N)s1. The lowest BCUT2D eigenvalue weighted by molar-refractivity contribution is 0.127. The minimum atomic E-state index is -0.596. The van der Waals surface area contributed by atoms with Gasteiger partial charge < -0.3 is 20.5 Å². The second-order valence-electron chi connectivity index (χ2n) is 4.56. The van der Waals surface area contributed by atoms with E-state index in [1.165, 1.54) is 23.1 Å². The Kier molecular flexibility index (Phi) is 5.66. The van der Waals surface area contributed by atoms with Crippen molar-refractivity contribution in [1.29, 1.82) is 0 Å². The zero-order valence-electron chi connectivity index (χ0n) is 11.9. The van der Waals surface area contributed by atoms with Gasteiger partial charge in [0.25, 0.3) is 0 Å². The lowest BCUT2D eigenvalue weighted by atomic mass is 10.3. The summed E-state index contributed by atoms with van der Waals surface area (Å²) in [6.45, 7) is 0.195. The largest absolute Gasteiger partial charge is 0.489 e. The van der Waals surface area contributed by atoms with Crippen LogP contribution in [0.15, 0.2) is 28.6 Å². The molecule has 6 nitrogen and oxygen atoms in total. The van der Waals surface area contributed by atoms with Crippen LogP contribution in [-0.4, -0.2) is 47.9 Å². The van der Waals surface area contributed by atoms with E-state index in [4.69, 9.17) is 10.5 Å². The molecule has 0 radical (unpaired) electrons. The van der Waals surface area contributed by atoms with Crippen LogP contribution in [0.5, 0.6) is 5.75 Å². The van der Waals surface area contributed by atoms with Gasteiger partial charge in [-0.3, -0.25) is 0 Å². The minimum Gasteiger partial charge on any atom is -0.489 e. The normalized spacial score (nSPS) is 12.1. The highest BCUT2D eigenvalue weighted by atomic mass is 32.2. The zero-order valence-corrected chi connectivity index (χ0v) is 13.5. The predicted octanol–water partition coefficient (Wildman–Crippen LogP) is 1.72. The van der Waals surface area contributed by atoms with Gasteiger partial charge in [0.2, 0.25) is 5.13 Å². The molecular formula is C13H18N4O2S2. The summed E-state index contributed by atoms with van der Waals surface area (Å²) in [5, 5.41) is 18.9. The van der Waals surface area contributed by atoms with Gasteiger partial charge in [0.1, 0.15) is 12.4 Å². The van der Waals surface area contributed by atoms with Crippen molar-refractivity contribution >= 4 is 33.9 Å². The standard InChI is InChI=1S/C13H18N4O2S2/c1-17(2)12-15-16-13(21-12)20-8-9(18)7-19-11-6-4-3-5-10(11)14/h3-6,9,18H,7-8,14H2,1-2H3. The van der Waals surface area contributed by atoms with Crippen molar-refractivity contribution in [1.82, 2.24) is 10.2 Å². The number of nitrogens with two attached hydrogens (primary N) is 1. The zero-order chi connectivity index (χ0) is 15.2. The number of nitrogen functional groups attached to an aromatic ring is 1. The fraction of sp³-hybridized carbons (Fsp3) is 0.385. The lowest BCUT2D eigenvalue weighted by Gasteiger charge is -2.12. The molecule has 3 N–H and O–H groups in total. The number of benzene rings is 1. The van der Waals surface area contributed by atoms with Crippen molar-refractivity contribution in [3.63, 3.8) is 0 Å². The van der Waals surface area contributed by atoms with Gasteiger partial charge >= 0.3 is 0 Å². The summed E-state index contributed by atoms with van der Waals surface area (Å²) >= 11 is 2.96. The maximum Gasteiger partial charge on any atom is 0.208 e. The van der Waals surface area contributed by atoms with Crippen molar-refractivity contribution in [2.24, 2.45) is 0 Å². The first-order valence-corrected chi connectivity index (χ1v) is 8.15. The van der Waals surface area contributed by atoms with Gasteiger partial charge in [-0.25, -0.2) is 0 Å². The van der Waals surface area contributed by atoms with Crippen LogP contribution >= 0.6 is 23.1 Å². The van der Waals surface area contributed by atoms with Crippen LogP contribution in [0.1, 0.15) is 0 Å². The van der Waals surface area contributed by atoms with Crippen molar-refractivity contribution < 1.29 is 9.84 Å². The molecule has 0 amide bonds. The molecular weight excluding hydrogens is 308 g/mol. The number of aromatic nitrogens is 2. The summed E-state index contributed by atoms with van der Waals surface area (Å²) in [7, 11) is 3.84. The molecule has 2 rings (SSSR count). The molecule has 0 aliphatic carbocycles. The summed E-state index contributed by atoms with van der Waals surface area (Å²) in [6, 6.07) is 7.23. The molecule has 1 unspecified atom stereocenters. The fourth-order valence-electron chi connectivity index (χ4n) is 1.46. The van der Waals surface area contributed by atoms with E-state index < -0.39 is 6.10 Å². The van der Waals surface area contributed by atoms with E-state index in [1.807, 2.05) is 31.1 Å². The van der Waals surface area contributed by atoms with Crippen LogP contribution in [0.3, 0.4) is 0 Å². The monoisotopic (exact) mass is 326 g/mol. The summed E-state index contributed by atoms with van der Waals surface area (Å²) < 4.78 is 6.33. The lowest BCUT2D eigenvalue weighted by Crippen LogP contribution is -2.20. The predicted molar refractivity (Wildman–Crippen MR) is 87.3 cm³/mol. The first-order valence-electron chi connectivity index (χ1n) is 6.35. The second-order valence-corrected chi connectivity index (χ2v) is 6.78. The quantitative estimate of drug-likeness (QED) is 0.592. The Hall–Kier alpha value is -1.51. The van der Waals surface area contributed by atoms with Crippen molar-refractivity contribution in [3.8, 4) is 5.75 Å². The number of ether oxygens (including phenoxy) is 1. The molecule has 1 atom stereocenters.